The van der Waals surface area contributed by atoms with Gasteiger partial charge in [-0.2, -0.15) is 0 Å². The lowest BCUT2D eigenvalue weighted by Crippen LogP contribution is -2.59. The molecular weight excluding hydrogens is 248 g/mol. The Morgan fingerprint density at radius 3 is 2.89 bits per heavy atom. The maximum atomic E-state index is 12.2. The minimum Gasteiger partial charge on any atom is -0.479 e. The molecule has 0 saturated carbocycles. The lowest BCUT2D eigenvalue weighted by molar-refractivity contribution is -0.144. The molecule has 0 aromatic rings. The fraction of sp³-hybridized carbons (Fsp3) is 0.846. The molecule has 2 unspecified atom stereocenters. The van der Waals surface area contributed by atoms with Gasteiger partial charge in [-0.25, -0.2) is 9.59 Å². The predicted octanol–water partition coefficient (Wildman–Crippen LogP) is 1.06. The highest BCUT2D eigenvalue weighted by Gasteiger charge is 2.44. The number of hydrogen-bond donors (Lipinski definition) is 2. The number of nitrogens with zero attached hydrogens (tertiary/aromatic N) is 1. The second-order valence-corrected chi connectivity index (χ2v) is 5.48. The summed E-state index contributed by atoms with van der Waals surface area (Å²) in [5.74, 6) is -0.484. The first kappa shape index (κ1) is 14.1. The lowest BCUT2D eigenvalue weighted by atomic mass is 9.95. The minimum atomic E-state index is -1.24. The van der Waals surface area contributed by atoms with Crippen LogP contribution in [0.2, 0.25) is 0 Å². The number of carboxylic acids is 1. The summed E-state index contributed by atoms with van der Waals surface area (Å²) in [6.45, 7) is 3.98. The number of carbonyl (C=O) groups is 2. The molecule has 2 aliphatic heterocycles. The molecule has 2 amide bonds. The molecule has 2 rings (SSSR count). The first-order valence-corrected chi connectivity index (χ1v) is 6.95. The van der Waals surface area contributed by atoms with Gasteiger partial charge in [0.05, 0.1) is 6.61 Å². The lowest BCUT2D eigenvalue weighted by Gasteiger charge is -2.35. The van der Waals surface area contributed by atoms with Crippen molar-refractivity contribution in [1.29, 1.82) is 0 Å². The van der Waals surface area contributed by atoms with E-state index in [9.17, 15) is 14.7 Å². The molecule has 6 heteroatoms. The van der Waals surface area contributed by atoms with Crippen molar-refractivity contribution in [2.45, 2.75) is 38.1 Å². The number of aliphatic carboxylic acids is 1. The fourth-order valence-corrected chi connectivity index (χ4v) is 2.75. The Morgan fingerprint density at radius 2 is 2.32 bits per heavy atom. The number of ether oxygens (including phenoxy) is 1. The average Bonchev–Trinajstić information content (AvgIpc) is 2.88. The van der Waals surface area contributed by atoms with E-state index in [0.717, 1.165) is 25.8 Å². The molecule has 0 radical (unpaired) electrons. The van der Waals surface area contributed by atoms with Crippen LogP contribution in [0.4, 0.5) is 4.79 Å². The van der Waals surface area contributed by atoms with Crippen molar-refractivity contribution < 1.29 is 19.4 Å². The van der Waals surface area contributed by atoms with E-state index in [1.54, 1.807) is 4.90 Å². The number of piperidine rings is 1. The summed E-state index contributed by atoms with van der Waals surface area (Å²) in [7, 11) is 0. The Labute approximate surface area is 113 Å². The maximum Gasteiger partial charge on any atom is 0.332 e. The molecule has 0 aromatic carbocycles. The Hall–Kier alpha value is -1.30. The smallest absolute Gasteiger partial charge is 0.332 e. The molecule has 2 saturated heterocycles. The van der Waals surface area contributed by atoms with Gasteiger partial charge in [-0.15, -0.1) is 0 Å². The molecule has 0 aromatic heterocycles. The van der Waals surface area contributed by atoms with Gasteiger partial charge in [0.2, 0.25) is 0 Å². The second kappa shape index (κ2) is 5.77. The zero-order valence-electron chi connectivity index (χ0n) is 11.4. The van der Waals surface area contributed by atoms with E-state index in [0.29, 0.717) is 25.5 Å². The Bertz CT molecular complexity index is 353. The number of likely N-dealkylation sites (tertiary alicyclic amines) is 1. The molecule has 2 atom stereocenters. The van der Waals surface area contributed by atoms with E-state index >= 15 is 0 Å². The molecule has 6 nitrogen and oxygen atoms in total. The van der Waals surface area contributed by atoms with Crippen molar-refractivity contribution in [3.63, 3.8) is 0 Å². The fourth-order valence-electron chi connectivity index (χ4n) is 2.75. The Balaban J connectivity index is 1.97. The highest BCUT2D eigenvalue weighted by atomic mass is 16.5. The van der Waals surface area contributed by atoms with Crippen molar-refractivity contribution in [2.75, 3.05) is 26.3 Å². The van der Waals surface area contributed by atoms with Crippen molar-refractivity contribution >= 4 is 12.0 Å². The van der Waals surface area contributed by atoms with E-state index in [1.165, 1.54) is 0 Å². The second-order valence-electron chi connectivity index (χ2n) is 5.48. The van der Waals surface area contributed by atoms with Crippen molar-refractivity contribution in [3.05, 3.63) is 0 Å². The largest absolute Gasteiger partial charge is 0.479 e. The van der Waals surface area contributed by atoms with Crippen LogP contribution in [0.15, 0.2) is 0 Å². The van der Waals surface area contributed by atoms with Crippen molar-refractivity contribution in [3.8, 4) is 0 Å². The SMILES string of the molecule is CCC1CCCN(C(=O)NC2(C(=O)O)CCOC2)C1. The van der Waals surface area contributed by atoms with Gasteiger partial charge in [0.25, 0.3) is 0 Å². The Morgan fingerprint density at radius 1 is 1.53 bits per heavy atom. The highest BCUT2D eigenvalue weighted by Crippen LogP contribution is 2.22. The topological polar surface area (TPSA) is 78.9 Å². The third-order valence-corrected chi connectivity index (χ3v) is 4.16. The number of amides is 2. The van der Waals surface area contributed by atoms with Crippen LogP contribution in [0.25, 0.3) is 0 Å². The van der Waals surface area contributed by atoms with E-state index in [4.69, 9.17) is 4.74 Å². The normalized spacial score (nSPS) is 31.2. The Kier molecular flexibility index (Phi) is 4.29. The molecule has 19 heavy (non-hydrogen) atoms. The van der Waals surface area contributed by atoms with Gasteiger partial charge in [-0.05, 0) is 18.8 Å². The summed E-state index contributed by atoms with van der Waals surface area (Å²) in [4.78, 5) is 25.3. The quantitative estimate of drug-likeness (QED) is 0.803. The van der Waals surface area contributed by atoms with E-state index in [2.05, 4.69) is 12.2 Å². The molecule has 0 spiro atoms. The summed E-state index contributed by atoms with van der Waals surface area (Å²) in [5, 5.41) is 12.0. The van der Waals surface area contributed by atoms with Crippen LogP contribution in [0.1, 0.15) is 32.6 Å². The average molecular weight is 270 g/mol. The summed E-state index contributed by atoms with van der Waals surface area (Å²) in [5.41, 5.74) is -1.24. The molecule has 0 bridgehead atoms. The molecule has 108 valence electrons. The van der Waals surface area contributed by atoms with Crippen LogP contribution in [0.3, 0.4) is 0 Å². The van der Waals surface area contributed by atoms with Gasteiger partial charge < -0.3 is 20.1 Å². The number of hydrogen-bond acceptors (Lipinski definition) is 3. The molecule has 2 aliphatic rings. The third-order valence-electron chi connectivity index (χ3n) is 4.16. The number of rotatable bonds is 3. The highest BCUT2D eigenvalue weighted by molar-refractivity contribution is 5.86. The number of carboxylic acid groups (broad SMARTS) is 1. The maximum absolute atomic E-state index is 12.2. The first-order chi connectivity index (χ1) is 9.07. The first-order valence-electron chi connectivity index (χ1n) is 6.95. The molecule has 2 fully saturated rings. The van der Waals surface area contributed by atoms with Gasteiger partial charge in [0, 0.05) is 26.1 Å². The van der Waals surface area contributed by atoms with Gasteiger partial charge >= 0.3 is 12.0 Å². The van der Waals surface area contributed by atoms with Crippen LogP contribution in [-0.2, 0) is 9.53 Å². The summed E-state index contributed by atoms with van der Waals surface area (Å²) >= 11 is 0. The van der Waals surface area contributed by atoms with E-state index in [1.807, 2.05) is 0 Å². The minimum absolute atomic E-state index is 0.0547. The number of carbonyl (C=O) groups excluding carboxylic acids is 1. The summed E-state index contributed by atoms with van der Waals surface area (Å²) in [6.07, 6.45) is 3.52. The van der Waals surface area contributed by atoms with E-state index < -0.39 is 11.5 Å². The predicted molar refractivity (Wildman–Crippen MR) is 68.9 cm³/mol. The van der Waals surface area contributed by atoms with Crippen LogP contribution in [-0.4, -0.2) is 53.8 Å². The third kappa shape index (κ3) is 3.00. The van der Waals surface area contributed by atoms with Gasteiger partial charge in [-0.3, -0.25) is 0 Å². The zero-order valence-corrected chi connectivity index (χ0v) is 11.4. The molecule has 2 heterocycles. The molecule has 2 N–H and O–H groups in total. The van der Waals surface area contributed by atoms with Crippen LogP contribution < -0.4 is 5.32 Å². The van der Waals surface area contributed by atoms with Gasteiger partial charge in [-0.1, -0.05) is 13.3 Å². The number of nitrogens with one attached hydrogen (secondary N) is 1. The van der Waals surface area contributed by atoms with Crippen molar-refractivity contribution in [1.82, 2.24) is 10.2 Å². The standard InChI is InChI=1S/C13H22N2O4/c1-2-10-4-3-6-15(8-10)12(18)14-13(11(16)17)5-7-19-9-13/h10H,2-9H2,1H3,(H,14,18)(H,16,17). The van der Waals surface area contributed by atoms with E-state index in [-0.39, 0.29) is 12.6 Å². The zero-order chi connectivity index (χ0) is 13.9. The molecule has 0 aliphatic carbocycles. The van der Waals surface area contributed by atoms with Crippen molar-refractivity contribution in [2.24, 2.45) is 5.92 Å². The summed E-state index contributed by atoms with van der Waals surface area (Å²) < 4.78 is 5.14. The summed E-state index contributed by atoms with van der Waals surface area (Å²) in [6, 6.07) is -0.272. The van der Waals surface area contributed by atoms with Gasteiger partial charge in [0.15, 0.2) is 5.54 Å². The monoisotopic (exact) mass is 270 g/mol. The number of urea groups is 1. The van der Waals surface area contributed by atoms with Crippen LogP contribution in [0, 0.1) is 5.92 Å². The van der Waals surface area contributed by atoms with Crippen LogP contribution >= 0.6 is 0 Å². The van der Waals surface area contributed by atoms with Gasteiger partial charge in [0.1, 0.15) is 0 Å². The van der Waals surface area contributed by atoms with Crippen LogP contribution in [0.5, 0.6) is 0 Å². The molecular formula is C13H22N2O4.